The predicted molar refractivity (Wildman–Crippen MR) is 120 cm³/mol. The summed E-state index contributed by atoms with van der Waals surface area (Å²) >= 11 is 1.50. The summed E-state index contributed by atoms with van der Waals surface area (Å²) in [6.45, 7) is 4.22. The fraction of sp³-hybridized carbons (Fsp3) is 0.227. The molecular formula is C22H22N6O2S. The molecule has 8 nitrogen and oxygen atoms in total. The number of pyridine rings is 2. The average molecular weight is 435 g/mol. The maximum atomic E-state index is 13.0. The molecule has 0 bridgehead atoms. The summed E-state index contributed by atoms with van der Waals surface area (Å²) in [5.41, 5.74) is 2.63. The summed E-state index contributed by atoms with van der Waals surface area (Å²) in [6, 6.07) is 13.0. The number of methoxy groups -OCH3 is 1. The van der Waals surface area contributed by atoms with Crippen molar-refractivity contribution in [2.45, 2.75) is 26.4 Å². The van der Waals surface area contributed by atoms with Crippen molar-refractivity contribution in [2.75, 3.05) is 12.4 Å². The molecule has 1 atom stereocenters. The normalized spacial score (nSPS) is 11.8. The summed E-state index contributed by atoms with van der Waals surface area (Å²) < 4.78 is 5.89. The zero-order valence-corrected chi connectivity index (χ0v) is 18.2. The van der Waals surface area contributed by atoms with Crippen LogP contribution in [0.4, 0.5) is 5.95 Å². The third-order valence-electron chi connectivity index (χ3n) is 4.61. The molecule has 0 radical (unpaired) electrons. The van der Waals surface area contributed by atoms with Crippen molar-refractivity contribution in [3.63, 3.8) is 0 Å². The number of ether oxygens (including phenoxy) is 1. The van der Waals surface area contributed by atoms with Crippen LogP contribution in [0.2, 0.25) is 0 Å². The number of anilines is 1. The van der Waals surface area contributed by atoms with Crippen LogP contribution in [0.25, 0.3) is 10.2 Å². The van der Waals surface area contributed by atoms with Gasteiger partial charge in [-0.3, -0.25) is 9.78 Å². The molecule has 4 rings (SSSR count). The van der Waals surface area contributed by atoms with Crippen molar-refractivity contribution >= 4 is 33.4 Å². The number of hydrogen-bond acceptors (Lipinski definition) is 8. The molecule has 1 amide bonds. The largest absolute Gasteiger partial charge is 0.481 e. The van der Waals surface area contributed by atoms with E-state index in [1.165, 1.54) is 11.3 Å². The Kier molecular flexibility index (Phi) is 6.03. The van der Waals surface area contributed by atoms with Gasteiger partial charge in [-0.25, -0.2) is 15.0 Å². The van der Waals surface area contributed by atoms with Crippen LogP contribution in [0.5, 0.6) is 5.88 Å². The van der Waals surface area contributed by atoms with E-state index >= 15 is 0 Å². The van der Waals surface area contributed by atoms with Crippen molar-refractivity contribution in [3.8, 4) is 5.88 Å². The molecule has 4 aromatic rings. The van der Waals surface area contributed by atoms with Gasteiger partial charge in [0.15, 0.2) is 5.69 Å². The zero-order valence-electron chi connectivity index (χ0n) is 17.4. The molecule has 0 aliphatic carbocycles. The van der Waals surface area contributed by atoms with Crippen molar-refractivity contribution in [2.24, 2.45) is 0 Å². The van der Waals surface area contributed by atoms with Crippen molar-refractivity contribution in [1.29, 1.82) is 0 Å². The lowest BCUT2D eigenvalue weighted by molar-refractivity contribution is 0.0947. The third kappa shape index (κ3) is 4.77. The van der Waals surface area contributed by atoms with Crippen molar-refractivity contribution < 1.29 is 9.53 Å². The number of aryl methyl sites for hydroxylation is 1. The topological polar surface area (TPSA) is 102 Å². The number of aromatic nitrogens is 4. The average Bonchev–Trinajstić information content (AvgIpc) is 3.17. The lowest BCUT2D eigenvalue weighted by Gasteiger charge is -2.14. The monoisotopic (exact) mass is 434 g/mol. The Morgan fingerprint density at radius 2 is 2.03 bits per heavy atom. The van der Waals surface area contributed by atoms with Crippen LogP contribution in [-0.2, 0) is 6.54 Å². The molecule has 0 unspecified atom stereocenters. The maximum Gasteiger partial charge on any atom is 0.271 e. The predicted octanol–water partition coefficient (Wildman–Crippen LogP) is 3.90. The molecule has 0 aliphatic rings. The van der Waals surface area contributed by atoms with Crippen LogP contribution >= 0.6 is 11.3 Å². The van der Waals surface area contributed by atoms with E-state index in [1.807, 2.05) is 50.2 Å². The van der Waals surface area contributed by atoms with Crippen molar-refractivity contribution in [3.05, 3.63) is 70.6 Å². The van der Waals surface area contributed by atoms with Crippen LogP contribution in [0, 0.1) is 6.92 Å². The Morgan fingerprint density at radius 3 is 2.81 bits per heavy atom. The highest BCUT2D eigenvalue weighted by atomic mass is 32.1. The highest BCUT2D eigenvalue weighted by Crippen LogP contribution is 2.28. The second-order valence-electron chi connectivity index (χ2n) is 6.94. The second kappa shape index (κ2) is 9.05. The molecule has 4 heterocycles. The Balaban J connectivity index is 1.59. The fourth-order valence-electron chi connectivity index (χ4n) is 3.09. The molecular weight excluding hydrogens is 412 g/mol. The molecule has 9 heteroatoms. The van der Waals surface area contributed by atoms with E-state index in [1.54, 1.807) is 19.4 Å². The first-order chi connectivity index (χ1) is 15.0. The fourth-order valence-corrected chi connectivity index (χ4v) is 4.03. The molecule has 0 spiro atoms. The first kappa shape index (κ1) is 20.7. The van der Waals surface area contributed by atoms with E-state index in [2.05, 4.69) is 30.6 Å². The van der Waals surface area contributed by atoms with E-state index in [0.29, 0.717) is 23.2 Å². The summed E-state index contributed by atoms with van der Waals surface area (Å²) in [7, 11) is 1.56. The molecule has 4 aromatic heterocycles. The number of rotatable bonds is 7. The smallest absolute Gasteiger partial charge is 0.271 e. The number of nitrogens with zero attached hydrogens (tertiary/aromatic N) is 4. The summed E-state index contributed by atoms with van der Waals surface area (Å²) in [5, 5.41) is 6.15. The summed E-state index contributed by atoms with van der Waals surface area (Å²) in [4.78, 5) is 31.9. The standard InChI is InChI=1S/C22H22N6O2S/c1-13-11-17-20(31-13)19(21(29)24-12-15-7-6-9-18(26-15)30-3)28-22(27-17)25-14(2)16-8-4-5-10-23-16/h4-11,14H,12H2,1-3H3,(H,24,29)(H,25,27,28)/t14-/m0/s1. The zero-order chi connectivity index (χ0) is 21.8. The van der Waals surface area contributed by atoms with E-state index < -0.39 is 0 Å². The molecule has 0 aliphatic heterocycles. The Bertz CT molecular complexity index is 1210. The highest BCUT2D eigenvalue weighted by molar-refractivity contribution is 7.19. The molecule has 2 N–H and O–H groups in total. The molecule has 0 fully saturated rings. The van der Waals surface area contributed by atoms with Gasteiger partial charge in [0.25, 0.3) is 5.91 Å². The van der Waals surface area contributed by atoms with Crippen LogP contribution in [-0.4, -0.2) is 33.0 Å². The second-order valence-corrected chi connectivity index (χ2v) is 8.20. The minimum atomic E-state index is -0.285. The van der Waals surface area contributed by atoms with Gasteiger partial charge in [-0.05, 0) is 38.1 Å². The Morgan fingerprint density at radius 1 is 1.16 bits per heavy atom. The molecule has 0 saturated carbocycles. The molecule has 0 saturated heterocycles. The number of nitrogens with one attached hydrogen (secondary N) is 2. The number of hydrogen-bond donors (Lipinski definition) is 2. The SMILES string of the molecule is COc1cccc(CNC(=O)c2nc(N[C@@H](C)c3ccccn3)nc3cc(C)sc23)n1. The summed E-state index contributed by atoms with van der Waals surface area (Å²) in [6.07, 6.45) is 1.74. The third-order valence-corrected chi connectivity index (χ3v) is 5.65. The first-order valence-electron chi connectivity index (χ1n) is 9.77. The van der Waals surface area contributed by atoms with Gasteiger partial charge in [0.1, 0.15) is 0 Å². The van der Waals surface area contributed by atoms with Crippen LogP contribution in [0.1, 0.15) is 39.7 Å². The summed E-state index contributed by atoms with van der Waals surface area (Å²) in [5.74, 6) is 0.598. The number of fused-ring (bicyclic) bond motifs is 1. The minimum absolute atomic E-state index is 0.115. The molecule has 31 heavy (non-hydrogen) atoms. The van der Waals surface area contributed by atoms with E-state index in [9.17, 15) is 4.79 Å². The highest BCUT2D eigenvalue weighted by Gasteiger charge is 2.18. The Labute approximate surface area is 183 Å². The first-order valence-corrected chi connectivity index (χ1v) is 10.6. The van der Waals surface area contributed by atoms with Gasteiger partial charge in [-0.15, -0.1) is 11.3 Å². The number of carbonyl (C=O) groups excluding carboxylic acids is 1. The number of amides is 1. The van der Waals surface area contributed by atoms with Crippen LogP contribution in [0.15, 0.2) is 48.7 Å². The van der Waals surface area contributed by atoms with Gasteiger partial charge in [-0.1, -0.05) is 12.1 Å². The van der Waals surface area contributed by atoms with Gasteiger partial charge < -0.3 is 15.4 Å². The van der Waals surface area contributed by atoms with Gasteiger partial charge in [0.05, 0.1) is 41.3 Å². The maximum absolute atomic E-state index is 13.0. The number of carbonyl (C=O) groups is 1. The van der Waals surface area contributed by atoms with Gasteiger partial charge in [0.2, 0.25) is 11.8 Å². The van der Waals surface area contributed by atoms with Crippen LogP contribution < -0.4 is 15.4 Å². The molecule has 158 valence electrons. The van der Waals surface area contributed by atoms with E-state index in [4.69, 9.17) is 4.74 Å². The van der Waals surface area contributed by atoms with Crippen LogP contribution in [0.3, 0.4) is 0 Å². The number of thiophene rings is 1. The lowest BCUT2D eigenvalue weighted by atomic mass is 10.2. The minimum Gasteiger partial charge on any atom is -0.481 e. The lowest BCUT2D eigenvalue weighted by Crippen LogP contribution is -2.25. The van der Waals surface area contributed by atoms with Crippen molar-refractivity contribution in [1.82, 2.24) is 25.3 Å². The van der Waals surface area contributed by atoms with E-state index in [0.717, 1.165) is 20.8 Å². The van der Waals surface area contributed by atoms with E-state index in [-0.39, 0.29) is 18.5 Å². The Hall–Kier alpha value is -3.59. The van der Waals surface area contributed by atoms with Gasteiger partial charge in [-0.2, -0.15) is 0 Å². The quantitative estimate of drug-likeness (QED) is 0.455. The van der Waals surface area contributed by atoms with Gasteiger partial charge >= 0.3 is 0 Å². The van der Waals surface area contributed by atoms with Gasteiger partial charge in [0, 0.05) is 17.1 Å². The molecule has 0 aromatic carbocycles.